The van der Waals surface area contributed by atoms with E-state index in [4.69, 9.17) is 15.1 Å². The molecule has 0 bridgehead atoms. The van der Waals surface area contributed by atoms with E-state index in [0.717, 1.165) is 19.9 Å². The molecule has 0 saturated heterocycles. The summed E-state index contributed by atoms with van der Waals surface area (Å²) in [5.41, 5.74) is -23.5. The third kappa shape index (κ3) is 11.4. The minimum Gasteiger partial charge on any atom is -0.505 e. The minimum atomic E-state index is -6.24. The molecule has 3 rings (SSSR count). The summed E-state index contributed by atoms with van der Waals surface area (Å²) in [6.07, 6.45) is -37.1. The summed E-state index contributed by atoms with van der Waals surface area (Å²) in [5, 5.41) is 21.5. The van der Waals surface area contributed by atoms with E-state index in [1.54, 1.807) is 0 Å². The van der Waals surface area contributed by atoms with Gasteiger partial charge in [0.2, 0.25) is 0 Å². The molecule has 0 spiro atoms. The van der Waals surface area contributed by atoms with E-state index in [1.807, 2.05) is 0 Å². The molecule has 3 aromatic carbocycles. The molecule has 0 saturated carbocycles. The second-order valence-corrected chi connectivity index (χ2v) is 9.97. The smallest absolute Gasteiger partial charge is 0.505 e. The van der Waals surface area contributed by atoms with E-state index >= 15 is 0 Å². The number of ether oxygens (including phenoxy) is 1. The van der Waals surface area contributed by atoms with Gasteiger partial charge in [-0.3, -0.25) is 0 Å². The Bertz CT molecular complexity index is 1560. The molecule has 278 valence electrons. The second-order valence-electron chi connectivity index (χ2n) is 9.97. The summed E-state index contributed by atoms with van der Waals surface area (Å²) in [7, 11) is -2.17. The maximum absolute atomic E-state index is 14.5. The Hall–Kier alpha value is -3.26. The standard InChI is InChI=1S/C27H13F18O.BH3O3.Li/c1-10(2)46-21-19(26(40,41)42)15(13-7-11(22(28,29)30)3-5-17(13)24(34,35)36)9-16(20(21)27(43,44)45)14-8-12(23(31,32)33)4-6-18(14)25(37,38)39;2-1(3)4;/h3-8,10H,1-2H3;2-4H;/q-1;;+1. The van der Waals surface area contributed by atoms with Gasteiger partial charge in [-0.2, -0.15) is 79.0 Å². The Balaban J connectivity index is 0.00000246. The van der Waals surface area contributed by atoms with Crippen molar-refractivity contribution < 1.29 is 118 Å². The molecule has 4 nitrogen and oxygen atoms in total. The van der Waals surface area contributed by atoms with Crippen LogP contribution in [0.2, 0.25) is 0 Å². The average molecular weight is 764 g/mol. The molecule has 0 heterocycles. The predicted molar refractivity (Wildman–Crippen MR) is 134 cm³/mol. The van der Waals surface area contributed by atoms with Gasteiger partial charge >= 0.3 is 63.2 Å². The molecule has 0 aliphatic heterocycles. The number of alkyl halides is 18. The van der Waals surface area contributed by atoms with Crippen LogP contribution in [-0.2, 0) is 37.1 Å². The van der Waals surface area contributed by atoms with Gasteiger partial charge in [0, 0.05) is 33.4 Å². The van der Waals surface area contributed by atoms with Gasteiger partial charge in [-0.25, -0.2) is 0 Å². The molecular weight excluding hydrogens is 748 g/mol. The Labute approximate surface area is 286 Å². The van der Waals surface area contributed by atoms with Crippen LogP contribution >= 0.6 is 0 Å². The molecule has 0 aliphatic rings. The van der Waals surface area contributed by atoms with E-state index < -0.39 is 136 Å². The van der Waals surface area contributed by atoms with Gasteiger partial charge in [0.25, 0.3) is 0 Å². The fourth-order valence-corrected chi connectivity index (χ4v) is 4.25. The molecule has 0 radical (unpaired) electrons. The van der Waals surface area contributed by atoms with E-state index in [9.17, 15) is 79.0 Å². The molecule has 24 heteroatoms. The molecule has 0 amide bonds. The Kier molecular flexibility index (Phi) is 13.8. The quantitative estimate of drug-likeness (QED) is 0.158. The van der Waals surface area contributed by atoms with Gasteiger partial charge in [-0.05, 0) is 13.8 Å². The average Bonchev–Trinajstić information content (AvgIpc) is 2.87. The first kappa shape index (κ1) is 45.8. The van der Waals surface area contributed by atoms with Gasteiger partial charge in [0.15, 0.2) is 0 Å². The van der Waals surface area contributed by atoms with Crippen molar-refractivity contribution in [3.8, 4) is 28.0 Å². The van der Waals surface area contributed by atoms with Crippen LogP contribution in [0.3, 0.4) is 0 Å². The Morgan fingerprint density at radius 2 is 0.824 bits per heavy atom. The number of halogens is 18. The molecule has 0 fully saturated rings. The molecule has 0 unspecified atom stereocenters. The van der Waals surface area contributed by atoms with Crippen LogP contribution in [0.5, 0.6) is 5.75 Å². The Morgan fingerprint density at radius 3 is 1.04 bits per heavy atom. The zero-order valence-electron chi connectivity index (χ0n) is 25.2. The SMILES string of the molecule is CC(C)Oc1c(C(F)(F)F)c(-c2cc(C(F)(F)F)ccc2C(F)(F)F)[c-]c(-c2cc(C(F)(F)F)ccc2C(F)(F)F)c1C(F)(F)F.OB(O)O.[Li+]. The molecule has 0 aromatic heterocycles. The van der Waals surface area contributed by atoms with Gasteiger partial charge in [-0.15, -0.1) is 17.2 Å². The van der Waals surface area contributed by atoms with Gasteiger partial charge in [0.1, 0.15) is 0 Å². The summed E-state index contributed by atoms with van der Waals surface area (Å²) in [6, 6.07) is -1.35. The van der Waals surface area contributed by atoms with Crippen molar-refractivity contribution in [1.29, 1.82) is 0 Å². The van der Waals surface area contributed by atoms with Crippen molar-refractivity contribution in [2.75, 3.05) is 0 Å². The number of rotatable bonds is 4. The third-order valence-corrected chi connectivity index (χ3v) is 5.97. The molecule has 3 N–H and O–H groups in total. The van der Waals surface area contributed by atoms with E-state index in [1.165, 1.54) is 0 Å². The van der Waals surface area contributed by atoms with E-state index in [0.29, 0.717) is 0 Å². The van der Waals surface area contributed by atoms with Crippen LogP contribution in [0.25, 0.3) is 22.3 Å². The molecule has 51 heavy (non-hydrogen) atoms. The molecular formula is C27H16BF18LiO4. The second kappa shape index (κ2) is 15.4. The first-order valence-electron chi connectivity index (χ1n) is 12.7. The van der Waals surface area contributed by atoms with Crippen LogP contribution in [0.4, 0.5) is 79.0 Å². The van der Waals surface area contributed by atoms with Crippen molar-refractivity contribution in [1.82, 2.24) is 0 Å². The summed E-state index contributed by atoms with van der Waals surface area (Å²) in [4.78, 5) is 0. The minimum absolute atomic E-state index is 0. The van der Waals surface area contributed by atoms with Crippen LogP contribution < -0.4 is 23.6 Å². The summed E-state index contributed by atoms with van der Waals surface area (Å²) in [6.45, 7) is 1.54. The van der Waals surface area contributed by atoms with Gasteiger partial charge in [0.05, 0.1) is 11.9 Å². The van der Waals surface area contributed by atoms with Crippen LogP contribution in [-0.4, -0.2) is 28.5 Å². The fraction of sp³-hybridized carbons (Fsp3) is 0.333. The maximum Gasteiger partial charge on any atom is 1.00 e. The number of benzene rings is 3. The first-order valence-corrected chi connectivity index (χ1v) is 12.7. The number of hydrogen-bond acceptors (Lipinski definition) is 4. The predicted octanol–water partition coefficient (Wildman–Crippen LogP) is 6.67. The largest absolute Gasteiger partial charge is 1.00 e. The summed E-state index contributed by atoms with van der Waals surface area (Å²) < 4.78 is 256. The monoisotopic (exact) mass is 764 g/mol. The summed E-state index contributed by atoms with van der Waals surface area (Å²) >= 11 is 0. The first-order chi connectivity index (χ1) is 22.2. The molecule has 0 atom stereocenters. The normalized spacial score (nSPS) is 13.0. The van der Waals surface area contributed by atoms with Crippen molar-refractivity contribution >= 4 is 7.32 Å². The topological polar surface area (TPSA) is 69.9 Å². The van der Waals surface area contributed by atoms with Crippen molar-refractivity contribution in [2.45, 2.75) is 57.0 Å². The molecule has 3 aromatic rings. The Morgan fingerprint density at radius 1 is 0.529 bits per heavy atom. The van der Waals surface area contributed by atoms with Gasteiger partial charge in [-0.1, -0.05) is 47.5 Å². The number of hydrogen-bond donors (Lipinski definition) is 3. The van der Waals surface area contributed by atoms with Crippen LogP contribution in [0.1, 0.15) is 47.2 Å². The van der Waals surface area contributed by atoms with Crippen molar-refractivity contribution in [3.05, 3.63) is 75.8 Å². The van der Waals surface area contributed by atoms with Crippen molar-refractivity contribution in [2.24, 2.45) is 0 Å². The van der Waals surface area contributed by atoms with E-state index in [-0.39, 0.29) is 31.0 Å². The third-order valence-electron chi connectivity index (χ3n) is 5.97. The van der Waals surface area contributed by atoms with Crippen molar-refractivity contribution in [3.63, 3.8) is 0 Å². The summed E-state index contributed by atoms with van der Waals surface area (Å²) in [5.74, 6) is -2.52. The molecule has 0 aliphatic carbocycles. The van der Waals surface area contributed by atoms with Crippen LogP contribution in [0.15, 0.2) is 36.4 Å². The fourth-order valence-electron chi connectivity index (χ4n) is 4.25. The van der Waals surface area contributed by atoms with Gasteiger partial charge < -0.3 is 19.8 Å². The zero-order valence-corrected chi connectivity index (χ0v) is 25.2. The zero-order chi connectivity index (χ0) is 39.2. The van der Waals surface area contributed by atoms with E-state index in [2.05, 4.69) is 4.74 Å². The maximum atomic E-state index is 14.5. The van der Waals surface area contributed by atoms with Crippen LogP contribution in [0, 0.1) is 6.07 Å².